The van der Waals surface area contributed by atoms with Crippen molar-refractivity contribution in [3.63, 3.8) is 0 Å². The van der Waals surface area contributed by atoms with Crippen molar-refractivity contribution in [1.29, 1.82) is 0 Å². The largest absolute Gasteiger partial charge is 0.343 e. The van der Waals surface area contributed by atoms with Gasteiger partial charge in [-0.25, -0.2) is 9.37 Å². The number of anilines is 1. The molecule has 1 aliphatic heterocycles. The highest BCUT2D eigenvalue weighted by molar-refractivity contribution is 7.98. The van der Waals surface area contributed by atoms with Gasteiger partial charge < -0.3 is 10.3 Å². The molecular weight excluding hydrogens is 483 g/mol. The number of allylic oxidation sites excluding steroid dienone is 2. The highest BCUT2D eigenvalue weighted by Crippen LogP contribution is 2.48. The van der Waals surface area contributed by atoms with Gasteiger partial charge in [0.1, 0.15) is 11.6 Å². The Morgan fingerprint density at radius 2 is 1.94 bits per heavy atom. The Morgan fingerprint density at radius 1 is 1.17 bits per heavy atom. The van der Waals surface area contributed by atoms with Gasteiger partial charge in [-0.15, -0.1) is 0 Å². The van der Waals surface area contributed by atoms with E-state index in [0.29, 0.717) is 46.2 Å². The maximum atomic E-state index is 14.1. The Kier molecular flexibility index (Phi) is 5.99. The first-order chi connectivity index (χ1) is 17.1. The number of rotatable bonds is 5. The summed E-state index contributed by atoms with van der Waals surface area (Å²) in [5, 5.41) is 15.0. The van der Waals surface area contributed by atoms with E-state index in [-0.39, 0.29) is 34.0 Å². The molecule has 2 aliphatic rings. The Labute approximate surface area is 210 Å². The fraction of sp³-hybridized carbons (Fsp3) is 0.269. The molecule has 2 heterocycles. The van der Waals surface area contributed by atoms with Crippen LogP contribution in [0.4, 0.5) is 15.9 Å². The zero-order valence-electron chi connectivity index (χ0n) is 19.6. The zero-order chi connectivity index (χ0) is 25.6. The number of nitrogens with zero attached hydrogens (tertiary/aromatic N) is 2. The second-order valence-corrected chi connectivity index (χ2v) is 10.7. The Hall–Kier alpha value is -3.79. The standard InChI is InChI=1S/C26H23FN4O4S/c1-26(2)11-18-21(19(32)12-26)20(14-7-5-8-16(10-14)31(34)35)22-23(28-18)29-25(30-24(22)33)36-13-15-6-3-4-9-17(15)27/h3-10,20H,11-13H2,1-2H3,(H2,28,29,30,33)/t20-/m0/s1. The number of halogens is 1. The Balaban J connectivity index is 1.61. The number of hydrogen-bond acceptors (Lipinski definition) is 7. The number of carbonyl (C=O) groups excluding carboxylic acids is 1. The molecule has 2 aromatic carbocycles. The lowest BCUT2D eigenvalue weighted by Crippen LogP contribution is -2.37. The fourth-order valence-electron chi connectivity index (χ4n) is 4.87. The van der Waals surface area contributed by atoms with E-state index in [4.69, 9.17) is 0 Å². The molecule has 10 heteroatoms. The van der Waals surface area contributed by atoms with Crippen molar-refractivity contribution in [3.05, 3.63) is 103 Å². The van der Waals surface area contributed by atoms with Crippen molar-refractivity contribution < 1.29 is 14.1 Å². The van der Waals surface area contributed by atoms with Gasteiger partial charge >= 0.3 is 0 Å². The van der Waals surface area contributed by atoms with Crippen molar-refractivity contribution in [2.75, 3.05) is 5.32 Å². The van der Waals surface area contributed by atoms with Crippen LogP contribution in [0.15, 0.2) is 69.8 Å². The summed E-state index contributed by atoms with van der Waals surface area (Å²) in [6, 6.07) is 12.4. The van der Waals surface area contributed by atoms with Crippen molar-refractivity contribution in [2.45, 2.75) is 43.5 Å². The first-order valence-electron chi connectivity index (χ1n) is 11.4. The maximum absolute atomic E-state index is 14.1. The van der Waals surface area contributed by atoms with E-state index in [1.807, 2.05) is 13.8 Å². The highest BCUT2D eigenvalue weighted by atomic mass is 32.2. The summed E-state index contributed by atoms with van der Waals surface area (Å²) < 4.78 is 14.1. The van der Waals surface area contributed by atoms with E-state index in [1.165, 1.54) is 30.0 Å². The molecular formula is C26H23FN4O4S. The summed E-state index contributed by atoms with van der Waals surface area (Å²) in [6.07, 6.45) is 0.862. The molecule has 0 amide bonds. The number of non-ortho nitro benzene ring substituents is 1. The average Bonchev–Trinajstić information content (AvgIpc) is 2.81. The molecule has 36 heavy (non-hydrogen) atoms. The summed E-state index contributed by atoms with van der Waals surface area (Å²) in [4.78, 5) is 45.0. The number of aromatic nitrogens is 2. The van der Waals surface area contributed by atoms with Crippen LogP contribution in [-0.4, -0.2) is 20.7 Å². The molecule has 1 aliphatic carbocycles. The quantitative estimate of drug-likeness (QED) is 0.208. The highest BCUT2D eigenvalue weighted by Gasteiger charge is 2.42. The van der Waals surface area contributed by atoms with E-state index in [1.54, 1.807) is 30.3 Å². The van der Waals surface area contributed by atoms with Gasteiger partial charge in [0.25, 0.3) is 11.2 Å². The molecule has 0 bridgehead atoms. The second-order valence-electron chi connectivity index (χ2n) is 9.76. The minimum absolute atomic E-state index is 0.103. The molecule has 1 atom stereocenters. The third-order valence-electron chi connectivity index (χ3n) is 6.44. The molecule has 184 valence electrons. The SMILES string of the molecule is CC1(C)CC(=O)C2=C(C1)Nc1nc(SCc3ccccc3F)[nH]c(=O)c1[C@H]2c1cccc([N+](=O)[O-])c1. The normalized spacial score (nSPS) is 18.3. The fourth-order valence-corrected chi connectivity index (χ4v) is 5.72. The average molecular weight is 507 g/mol. The van der Waals surface area contributed by atoms with Crippen LogP contribution in [0.2, 0.25) is 0 Å². The number of aromatic amines is 1. The molecule has 0 fully saturated rings. The predicted molar refractivity (Wildman–Crippen MR) is 134 cm³/mol. The minimum Gasteiger partial charge on any atom is -0.343 e. The summed E-state index contributed by atoms with van der Waals surface area (Å²) in [7, 11) is 0. The van der Waals surface area contributed by atoms with Gasteiger partial charge in [-0.05, 0) is 29.0 Å². The van der Waals surface area contributed by atoms with Gasteiger partial charge in [0.15, 0.2) is 10.9 Å². The van der Waals surface area contributed by atoms with E-state index in [9.17, 15) is 24.1 Å². The molecule has 0 unspecified atom stereocenters. The van der Waals surface area contributed by atoms with Crippen LogP contribution < -0.4 is 10.9 Å². The number of H-pyrrole nitrogens is 1. The summed E-state index contributed by atoms with van der Waals surface area (Å²) in [6.45, 7) is 3.99. The second kappa shape index (κ2) is 9.02. The van der Waals surface area contributed by atoms with Gasteiger partial charge in [0, 0.05) is 41.5 Å². The topological polar surface area (TPSA) is 118 Å². The van der Waals surface area contributed by atoms with Crippen LogP contribution in [0.1, 0.15) is 49.3 Å². The smallest absolute Gasteiger partial charge is 0.269 e. The third kappa shape index (κ3) is 4.44. The summed E-state index contributed by atoms with van der Waals surface area (Å²) in [5.74, 6) is -0.667. The van der Waals surface area contributed by atoms with Crippen LogP contribution in [-0.2, 0) is 10.5 Å². The van der Waals surface area contributed by atoms with Crippen molar-refractivity contribution in [2.24, 2.45) is 5.41 Å². The number of nitro benzene ring substituents is 1. The Bertz CT molecular complexity index is 1500. The van der Waals surface area contributed by atoms with Gasteiger partial charge in [-0.2, -0.15) is 0 Å². The summed E-state index contributed by atoms with van der Waals surface area (Å²) >= 11 is 1.19. The number of hydrogen-bond donors (Lipinski definition) is 2. The van der Waals surface area contributed by atoms with E-state index >= 15 is 0 Å². The minimum atomic E-state index is -0.790. The first-order valence-corrected chi connectivity index (χ1v) is 12.4. The van der Waals surface area contributed by atoms with Crippen LogP contribution >= 0.6 is 11.8 Å². The Morgan fingerprint density at radius 3 is 2.69 bits per heavy atom. The monoisotopic (exact) mass is 506 g/mol. The van der Waals surface area contributed by atoms with Crippen molar-refractivity contribution in [1.82, 2.24) is 9.97 Å². The zero-order valence-corrected chi connectivity index (χ0v) is 20.4. The number of Topliss-reactive ketones (excluding diaryl/α,β-unsaturated/α-hetero) is 1. The van der Waals surface area contributed by atoms with Crippen LogP contribution in [0.5, 0.6) is 0 Å². The van der Waals surface area contributed by atoms with Crippen LogP contribution in [0.3, 0.4) is 0 Å². The number of thioether (sulfide) groups is 1. The first kappa shape index (κ1) is 23.9. The van der Waals surface area contributed by atoms with Gasteiger partial charge in [0.2, 0.25) is 0 Å². The van der Waals surface area contributed by atoms with Crippen LogP contribution in [0, 0.1) is 21.3 Å². The lowest BCUT2D eigenvalue weighted by molar-refractivity contribution is -0.384. The molecule has 1 aromatic heterocycles. The number of nitro groups is 1. The number of fused-ring (bicyclic) bond motifs is 1. The molecule has 8 nitrogen and oxygen atoms in total. The molecule has 0 radical (unpaired) electrons. The predicted octanol–water partition coefficient (Wildman–Crippen LogP) is 5.31. The van der Waals surface area contributed by atoms with Crippen molar-refractivity contribution >= 4 is 29.1 Å². The number of benzene rings is 2. The molecule has 5 rings (SSSR count). The van der Waals surface area contributed by atoms with E-state index in [0.717, 1.165) is 0 Å². The third-order valence-corrected chi connectivity index (χ3v) is 7.36. The number of nitrogens with one attached hydrogen (secondary N) is 2. The summed E-state index contributed by atoms with van der Waals surface area (Å²) in [5.41, 5.74) is 1.44. The maximum Gasteiger partial charge on any atom is 0.269 e. The van der Waals surface area contributed by atoms with Gasteiger partial charge in [-0.3, -0.25) is 19.7 Å². The van der Waals surface area contributed by atoms with Gasteiger partial charge in [-0.1, -0.05) is 55.9 Å². The lowest BCUT2D eigenvalue weighted by atomic mass is 9.69. The molecule has 0 saturated carbocycles. The molecule has 0 saturated heterocycles. The van der Waals surface area contributed by atoms with E-state index in [2.05, 4.69) is 15.3 Å². The molecule has 0 spiro atoms. The van der Waals surface area contributed by atoms with E-state index < -0.39 is 16.4 Å². The number of ketones is 1. The number of carbonyl (C=O) groups is 1. The molecule has 3 aromatic rings. The van der Waals surface area contributed by atoms with Gasteiger partial charge in [0.05, 0.1) is 10.5 Å². The van der Waals surface area contributed by atoms with Crippen molar-refractivity contribution in [3.8, 4) is 0 Å². The van der Waals surface area contributed by atoms with Crippen LogP contribution in [0.25, 0.3) is 0 Å². The molecule has 2 N–H and O–H groups in total. The lowest BCUT2D eigenvalue weighted by Gasteiger charge is -2.38.